The van der Waals surface area contributed by atoms with Crippen molar-refractivity contribution >= 4 is 43.5 Å². The van der Waals surface area contributed by atoms with Crippen molar-refractivity contribution in [2.45, 2.75) is 4.90 Å². The molecule has 0 atom stereocenters. The third-order valence-electron chi connectivity index (χ3n) is 3.07. The Labute approximate surface area is 134 Å². The summed E-state index contributed by atoms with van der Waals surface area (Å²) in [7, 11) is -3.26. The van der Waals surface area contributed by atoms with E-state index in [1.54, 1.807) is 18.2 Å². The van der Waals surface area contributed by atoms with Gasteiger partial charge in [-0.05, 0) is 59.0 Å². The molecule has 1 aromatic heterocycles. The van der Waals surface area contributed by atoms with Crippen molar-refractivity contribution in [2.75, 3.05) is 6.26 Å². The Hall–Kier alpha value is -1.48. The lowest BCUT2D eigenvalue weighted by atomic mass is 10.2. The van der Waals surface area contributed by atoms with Gasteiger partial charge in [0.1, 0.15) is 11.6 Å². The average Bonchev–Trinajstić information content (AvgIpc) is 2.79. The minimum atomic E-state index is -3.26. The number of aromatic amines is 1. The van der Waals surface area contributed by atoms with Gasteiger partial charge in [0.2, 0.25) is 0 Å². The van der Waals surface area contributed by atoms with Crippen molar-refractivity contribution in [1.82, 2.24) is 9.97 Å². The zero-order valence-electron chi connectivity index (χ0n) is 10.9. The SMILES string of the molecule is CS(=O)(=O)c1ccc2nc(-c3ccc(F)cc3I)[nH]c2c1. The standard InChI is InChI=1S/C14H10FIN2O2S/c1-21(19,20)9-3-5-12-13(7-9)18-14(17-12)10-4-2-8(15)6-11(10)16/h2-7H,1H3,(H,17,18). The molecule has 0 saturated carbocycles. The van der Waals surface area contributed by atoms with E-state index < -0.39 is 9.84 Å². The molecule has 21 heavy (non-hydrogen) atoms. The van der Waals surface area contributed by atoms with Crippen LogP contribution in [0.5, 0.6) is 0 Å². The Balaban J connectivity index is 2.17. The molecule has 0 aliphatic heterocycles. The van der Waals surface area contributed by atoms with Crippen LogP contribution < -0.4 is 0 Å². The van der Waals surface area contributed by atoms with Crippen molar-refractivity contribution in [2.24, 2.45) is 0 Å². The third-order valence-corrected chi connectivity index (χ3v) is 5.07. The molecular formula is C14H10FIN2O2S. The second-order valence-corrected chi connectivity index (χ2v) is 7.84. The first-order valence-electron chi connectivity index (χ1n) is 6.00. The van der Waals surface area contributed by atoms with Crippen LogP contribution in [0.25, 0.3) is 22.4 Å². The van der Waals surface area contributed by atoms with Gasteiger partial charge in [-0.1, -0.05) is 0 Å². The summed E-state index contributed by atoms with van der Waals surface area (Å²) in [4.78, 5) is 7.74. The molecule has 108 valence electrons. The molecule has 0 aliphatic rings. The van der Waals surface area contributed by atoms with Gasteiger partial charge >= 0.3 is 0 Å². The second kappa shape index (κ2) is 5.06. The van der Waals surface area contributed by atoms with E-state index >= 15 is 0 Å². The van der Waals surface area contributed by atoms with Gasteiger partial charge < -0.3 is 4.98 Å². The minimum Gasteiger partial charge on any atom is -0.338 e. The summed E-state index contributed by atoms with van der Waals surface area (Å²) < 4.78 is 37.0. The van der Waals surface area contributed by atoms with E-state index in [2.05, 4.69) is 9.97 Å². The van der Waals surface area contributed by atoms with E-state index in [0.29, 0.717) is 16.9 Å². The Morgan fingerprint density at radius 1 is 1.19 bits per heavy atom. The van der Waals surface area contributed by atoms with Crippen LogP contribution >= 0.6 is 22.6 Å². The number of fused-ring (bicyclic) bond motifs is 1. The van der Waals surface area contributed by atoms with Gasteiger partial charge in [0.05, 0.1) is 15.9 Å². The Kier molecular flexibility index (Phi) is 3.48. The number of aromatic nitrogens is 2. The predicted octanol–water partition coefficient (Wildman–Crippen LogP) is 3.38. The predicted molar refractivity (Wildman–Crippen MR) is 87.3 cm³/mol. The molecule has 0 unspecified atom stereocenters. The fourth-order valence-corrected chi connectivity index (χ4v) is 3.41. The van der Waals surface area contributed by atoms with Gasteiger partial charge in [-0.15, -0.1) is 0 Å². The summed E-state index contributed by atoms with van der Waals surface area (Å²) in [6, 6.07) is 9.17. The number of sulfone groups is 1. The van der Waals surface area contributed by atoms with E-state index in [1.807, 2.05) is 22.6 Å². The summed E-state index contributed by atoms with van der Waals surface area (Å²) in [5.41, 5.74) is 2.07. The highest BCUT2D eigenvalue weighted by atomic mass is 127. The van der Waals surface area contributed by atoms with Gasteiger partial charge in [0, 0.05) is 15.4 Å². The molecule has 0 aliphatic carbocycles. The third kappa shape index (κ3) is 2.80. The number of nitrogens with one attached hydrogen (secondary N) is 1. The van der Waals surface area contributed by atoms with Gasteiger partial charge in [-0.3, -0.25) is 0 Å². The summed E-state index contributed by atoms with van der Waals surface area (Å²) in [6.07, 6.45) is 1.16. The second-order valence-electron chi connectivity index (χ2n) is 4.66. The smallest absolute Gasteiger partial charge is 0.175 e. The Morgan fingerprint density at radius 3 is 2.62 bits per heavy atom. The summed E-state index contributed by atoms with van der Waals surface area (Å²) in [5, 5.41) is 0. The molecule has 1 heterocycles. The minimum absolute atomic E-state index is 0.235. The number of H-pyrrole nitrogens is 1. The van der Waals surface area contributed by atoms with Crippen molar-refractivity contribution < 1.29 is 12.8 Å². The maximum Gasteiger partial charge on any atom is 0.175 e. The molecule has 1 N–H and O–H groups in total. The molecule has 0 spiro atoms. The number of benzene rings is 2. The monoisotopic (exact) mass is 416 g/mol. The highest BCUT2D eigenvalue weighted by molar-refractivity contribution is 14.1. The highest BCUT2D eigenvalue weighted by Crippen LogP contribution is 2.26. The quantitative estimate of drug-likeness (QED) is 0.652. The van der Waals surface area contributed by atoms with Crippen LogP contribution in [0.15, 0.2) is 41.3 Å². The van der Waals surface area contributed by atoms with Crippen LogP contribution in [-0.4, -0.2) is 24.6 Å². The normalized spacial score (nSPS) is 12.0. The van der Waals surface area contributed by atoms with Crippen molar-refractivity contribution in [1.29, 1.82) is 0 Å². The molecule has 4 nitrogen and oxygen atoms in total. The molecule has 0 amide bonds. The molecular weight excluding hydrogens is 406 g/mol. The fourth-order valence-electron chi connectivity index (χ4n) is 2.03. The van der Waals surface area contributed by atoms with E-state index in [1.165, 1.54) is 18.2 Å². The van der Waals surface area contributed by atoms with Gasteiger partial charge in [0.15, 0.2) is 9.84 Å². The van der Waals surface area contributed by atoms with E-state index in [0.717, 1.165) is 15.4 Å². The lowest BCUT2D eigenvalue weighted by molar-refractivity contribution is 0.602. The Bertz CT molecular complexity index is 951. The molecule has 2 aromatic carbocycles. The molecule has 0 saturated heterocycles. The lowest BCUT2D eigenvalue weighted by Crippen LogP contribution is -1.96. The van der Waals surface area contributed by atoms with Gasteiger partial charge in [-0.25, -0.2) is 17.8 Å². The number of nitrogens with zero attached hydrogens (tertiary/aromatic N) is 1. The van der Waals surface area contributed by atoms with Crippen LogP contribution in [0.3, 0.4) is 0 Å². The summed E-state index contributed by atoms with van der Waals surface area (Å²) >= 11 is 2.04. The molecule has 0 radical (unpaired) electrons. The first kappa shape index (κ1) is 14.5. The van der Waals surface area contributed by atoms with Crippen LogP contribution in [-0.2, 0) is 9.84 Å². The maximum atomic E-state index is 13.1. The van der Waals surface area contributed by atoms with E-state index in [-0.39, 0.29) is 10.7 Å². The molecule has 3 rings (SSSR count). The number of halogens is 2. The maximum absolute atomic E-state index is 13.1. The van der Waals surface area contributed by atoms with Crippen LogP contribution in [0, 0.1) is 9.39 Å². The molecule has 0 fully saturated rings. The summed E-state index contributed by atoms with van der Waals surface area (Å²) in [5.74, 6) is 0.277. The van der Waals surface area contributed by atoms with Crippen molar-refractivity contribution in [3.63, 3.8) is 0 Å². The van der Waals surface area contributed by atoms with E-state index in [4.69, 9.17) is 0 Å². The topological polar surface area (TPSA) is 62.8 Å². The van der Waals surface area contributed by atoms with Gasteiger partial charge in [0.25, 0.3) is 0 Å². The zero-order valence-corrected chi connectivity index (χ0v) is 13.9. The first-order chi connectivity index (χ1) is 9.84. The zero-order chi connectivity index (χ0) is 15.2. The van der Waals surface area contributed by atoms with Crippen LogP contribution in [0.2, 0.25) is 0 Å². The molecule has 3 aromatic rings. The van der Waals surface area contributed by atoms with Crippen LogP contribution in [0.4, 0.5) is 4.39 Å². The van der Waals surface area contributed by atoms with Gasteiger partial charge in [-0.2, -0.15) is 0 Å². The van der Waals surface area contributed by atoms with Crippen molar-refractivity contribution in [3.05, 3.63) is 45.8 Å². The average molecular weight is 416 g/mol. The lowest BCUT2D eigenvalue weighted by Gasteiger charge is -2.00. The highest BCUT2D eigenvalue weighted by Gasteiger charge is 2.12. The van der Waals surface area contributed by atoms with Crippen LogP contribution in [0.1, 0.15) is 0 Å². The molecule has 0 bridgehead atoms. The number of rotatable bonds is 2. The molecule has 7 heteroatoms. The first-order valence-corrected chi connectivity index (χ1v) is 8.97. The number of hydrogen-bond acceptors (Lipinski definition) is 3. The number of hydrogen-bond donors (Lipinski definition) is 1. The summed E-state index contributed by atoms with van der Waals surface area (Å²) in [6.45, 7) is 0. The fraction of sp³-hybridized carbons (Fsp3) is 0.0714. The largest absolute Gasteiger partial charge is 0.338 e. The van der Waals surface area contributed by atoms with Crippen molar-refractivity contribution in [3.8, 4) is 11.4 Å². The van der Waals surface area contributed by atoms with E-state index in [9.17, 15) is 12.8 Å². The Morgan fingerprint density at radius 2 is 1.95 bits per heavy atom. The number of imidazole rings is 1.